The first-order valence-electron chi connectivity index (χ1n) is 6.83. The second-order valence-electron chi connectivity index (χ2n) is 5.14. The Bertz CT molecular complexity index is 519. The Morgan fingerprint density at radius 2 is 2.10 bits per heavy atom. The fourth-order valence-electron chi connectivity index (χ4n) is 2.29. The SMILES string of the molecule is CC(CN1CCOCC1)NC(=O)c1cc(F)cc(N)c1F. The van der Waals surface area contributed by atoms with Gasteiger partial charge in [0, 0.05) is 25.7 Å². The third-order valence-electron chi connectivity index (χ3n) is 3.32. The molecule has 0 radical (unpaired) electrons. The van der Waals surface area contributed by atoms with E-state index < -0.39 is 17.5 Å². The lowest BCUT2D eigenvalue weighted by atomic mass is 10.1. The van der Waals surface area contributed by atoms with Crippen LogP contribution in [0.5, 0.6) is 0 Å². The predicted octanol–water partition coefficient (Wildman–Crippen LogP) is 0.997. The third-order valence-corrected chi connectivity index (χ3v) is 3.32. The van der Waals surface area contributed by atoms with Gasteiger partial charge in [-0.2, -0.15) is 0 Å². The number of hydrogen-bond donors (Lipinski definition) is 2. The van der Waals surface area contributed by atoms with E-state index in [0.29, 0.717) is 19.8 Å². The minimum Gasteiger partial charge on any atom is -0.396 e. The van der Waals surface area contributed by atoms with Crippen LogP contribution in [0, 0.1) is 11.6 Å². The summed E-state index contributed by atoms with van der Waals surface area (Å²) in [6, 6.07) is 1.51. The second-order valence-corrected chi connectivity index (χ2v) is 5.14. The predicted molar refractivity (Wildman–Crippen MR) is 75.0 cm³/mol. The largest absolute Gasteiger partial charge is 0.396 e. The fraction of sp³-hybridized carbons (Fsp3) is 0.500. The van der Waals surface area contributed by atoms with Crippen LogP contribution in [0.4, 0.5) is 14.5 Å². The molecule has 116 valence electrons. The van der Waals surface area contributed by atoms with E-state index in [4.69, 9.17) is 10.5 Å². The molecule has 1 unspecified atom stereocenters. The van der Waals surface area contributed by atoms with Gasteiger partial charge in [0.1, 0.15) is 5.82 Å². The van der Waals surface area contributed by atoms with Crippen LogP contribution < -0.4 is 11.1 Å². The maximum atomic E-state index is 13.8. The Labute approximate surface area is 122 Å². The Kier molecular flexibility index (Phi) is 5.08. The van der Waals surface area contributed by atoms with Crippen LogP contribution in [-0.4, -0.2) is 49.7 Å². The molecule has 0 aromatic heterocycles. The van der Waals surface area contributed by atoms with E-state index >= 15 is 0 Å². The molecule has 7 heteroatoms. The van der Waals surface area contributed by atoms with Gasteiger partial charge in [-0.25, -0.2) is 8.78 Å². The van der Waals surface area contributed by atoms with Crippen molar-refractivity contribution in [2.45, 2.75) is 13.0 Å². The minimum absolute atomic E-state index is 0.195. The lowest BCUT2D eigenvalue weighted by Crippen LogP contribution is -2.46. The number of carbonyl (C=O) groups is 1. The summed E-state index contributed by atoms with van der Waals surface area (Å²) in [6.45, 7) is 5.35. The number of hydrogen-bond acceptors (Lipinski definition) is 4. The smallest absolute Gasteiger partial charge is 0.254 e. The highest BCUT2D eigenvalue weighted by atomic mass is 19.1. The number of nitrogens with zero attached hydrogens (tertiary/aromatic N) is 1. The summed E-state index contributed by atoms with van der Waals surface area (Å²) in [4.78, 5) is 14.1. The van der Waals surface area contributed by atoms with Crippen LogP contribution >= 0.6 is 0 Å². The molecule has 3 N–H and O–H groups in total. The minimum atomic E-state index is -0.896. The highest BCUT2D eigenvalue weighted by molar-refractivity contribution is 5.95. The number of nitrogen functional groups attached to an aromatic ring is 1. The first-order valence-corrected chi connectivity index (χ1v) is 6.83. The molecular formula is C14H19F2N3O2. The van der Waals surface area contributed by atoms with Gasteiger partial charge in [0.25, 0.3) is 5.91 Å². The quantitative estimate of drug-likeness (QED) is 0.814. The van der Waals surface area contributed by atoms with Crippen molar-refractivity contribution in [1.29, 1.82) is 0 Å². The third kappa shape index (κ3) is 4.12. The van der Waals surface area contributed by atoms with E-state index in [2.05, 4.69) is 10.2 Å². The average Bonchev–Trinajstić information content (AvgIpc) is 2.43. The van der Waals surface area contributed by atoms with E-state index in [0.717, 1.165) is 25.2 Å². The maximum Gasteiger partial charge on any atom is 0.254 e. The van der Waals surface area contributed by atoms with Gasteiger partial charge in [0.05, 0.1) is 24.5 Å². The molecule has 5 nitrogen and oxygen atoms in total. The molecule has 1 fully saturated rings. The molecule has 0 aliphatic carbocycles. The van der Waals surface area contributed by atoms with Gasteiger partial charge in [-0.05, 0) is 19.1 Å². The molecule has 1 heterocycles. The molecule has 2 rings (SSSR count). The Balaban J connectivity index is 1.97. The molecule has 1 atom stereocenters. The van der Waals surface area contributed by atoms with Crippen molar-refractivity contribution >= 4 is 11.6 Å². The van der Waals surface area contributed by atoms with Gasteiger partial charge >= 0.3 is 0 Å². The van der Waals surface area contributed by atoms with Crippen molar-refractivity contribution in [2.75, 3.05) is 38.6 Å². The summed E-state index contributed by atoms with van der Waals surface area (Å²) in [5.74, 6) is -2.30. The summed E-state index contributed by atoms with van der Waals surface area (Å²) in [7, 11) is 0. The number of halogens is 2. The number of benzene rings is 1. The normalized spacial score (nSPS) is 17.5. The summed E-state index contributed by atoms with van der Waals surface area (Å²) in [5.41, 5.74) is 4.57. The maximum absolute atomic E-state index is 13.8. The highest BCUT2D eigenvalue weighted by Gasteiger charge is 2.19. The summed E-state index contributed by atoms with van der Waals surface area (Å²) in [5, 5.41) is 2.66. The molecule has 1 aromatic rings. The summed E-state index contributed by atoms with van der Waals surface area (Å²) >= 11 is 0. The van der Waals surface area contributed by atoms with Crippen LogP contribution in [0.2, 0.25) is 0 Å². The zero-order chi connectivity index (χ0) is 15.4. The molecule has 1 amide bonds. The summed E-state index contributed by atoms with van der Waals surface area (Å²) < 4.78 is 32.2. The number of amides is 1. The Hall–Kier alpha value is -1.73. The molecular weight excluding hydrogens is 280 g/mol. The number of morpholine rings is 1. The van der Waals surface area contributed by atoms with Crippen LogP contribution in [-0.2, 0) is 4.74 Å². The van der Waals surface area contributed by atoms with E-state index in [-0.39, 0.29) is 17.3 Å². The molecule has 1 saturated heterocycles. The number of nitrogens with two attached hydrogens (primary N) is 1. The number of ether oxygens (including phenoxy) is 1. The lowest BCUT2D eigenvalue weighted by Gasteiger charge is -2.29. The van der Waals surface area contributed by atoms with Crippen LogP contribution in [0.15, 0.2) is 12.1 Å². The van der Waals surface area contributed by atoms with E-state index in [1.165, 1.54) is 0 Å². The first-order chi connectivity index (χ1) is 9.97. The van der Waals surface area contributed by atoms with Crippen molar-refractivity contribution in [3.05, 3.63) is 29.3 Å². The number of nitrogens with one attached hydrogen (secondary N) is 1. The van der Waals surface area contributed by atoms with Crippen molar-refractivity contribution in [1.82, 2.24) is 10.2 Å². The van der Waals surface area contributed by atoms with Crippen LogP contribution in [0.1, 0.15) is 17.3 Å². The van der Waals surface area contributed by atoms with Gasteiger partial charge < -0.3 is 15.8 Å². The molecule has 0 spiro atoms. The number of rotatable bonds is 4. The number of anilines is 1. The average molecular weight is 299 g/mol. The van der Waals surface area contributed by atoms with E-state index in [1.807, 2.05) is 6.92 Å². The van der Waals surface area contributed by atoms with Crippen molar-refractivity contribution in [3.8, 4) is 0 Å². The van der Waals surface area contributed by atoms with Crippen LogP contribution in [0.25, 0.3) is 0 Å². The first kappa shape index (κ1) is 15.7. The van der Waals surface area contributed by atoms with Gasteiger partial charge in [0.15, 0.2) is 5.82 Å². The number of carbonyl (C=O) groups excluding carboxylic acids is 1. The van der Waals surface area contributed by atoms with Crippen LogP contribution in [0.3, 0.4) is 0 Å². The van der Waals surface area contributed by atoms with Gasteiger partial charge in [-0.1, -0.05) is 0 Å². The molecule has 1 aliphatic heterocycles. The van der Waals surface area contributed by atoms with E-state index in [1.54, 1.807) is 0 Å². The topological polar surface area (TPSA) is 67.6 Å². The zero-order valence-corrected chi connectivity index (χ0v) is 11.9. The molecule has 0 bridgehead atoms. The van der Waals surface area contributed by atoms with Crippen molar-refractivity contribution in [3.63, 3.8) is 0 Å². The Morgan fingerprint density at radius 3 is 2.76 bits per heavy atom. The van der Waals surface area contributed by atoms with E-state index in [9.17, 15) is 13.6 Å². The summed E-state index contributed by atoms with van der Waals surface area (Å²) in [6.07, 6.45) is 0. The van der Waals surface area contributed by atoms with Gasteiger partial charge in [0.2, 0.25) is 0 Å². The molecule has 1 aliphatic rings. The Morgan fingerprint density at radius 1 is 1.43 bits per heavy atom. The lowest BCUT2D eigenvalue weighted by molar-refractivity contribution is 0.0342. The highest BCUT2D eigenvalue weighted by Crippen LogP contribution is 2.17. The van der Waals surface area contributed by atoms with Crippen molar-refractivity contribution in [2.24, 2.45) is 0 Å². The molecule has 0 saturated carbocycles. The monoisotopic (exact) mass is 299 g/mol. The molecule has 21 heavy (non-hydrogen) atoms. The fourth-order valence-corrected chi connectivity index (χ4v) is 2.29. The molecule has 1 aromatic carbocycles. The van der Waals surface area contributed by atoms with Gasteiger partial charge in [-0.15, -0.1) is 0 Å². The standard InChI is InChI=1S/C14H19F2N3O2/c1-9(8-19-2-4-21-5-3-19)18-14(20)11-6-10(15)7-12(17)13(11)16/h6-7,9H,2-5,8,17H2,1H3,(H,18,20). The van der Waals surface area contributed by atoms with Gasteiger partial charge in [-0.3, -0.25) is 9.69 Å². The second kappa shape index (κ2) is 6.82. The zero-order valence-electron chi connectivity index (χ0n) is 11.9. The van der Waals surface area contributed by atoms with Crippen molar-refractivity contribution < 1.29 is 18.3 Å².